The average Bonchev–Trinajstić information content (AvgIpc) is 3.57. The molecule has 1 aliphatic heterocycles. The van der Waals surface area contributed by atoms with Crippen LogP contribution in [0, 0.1) is 15.9 Å². The van der Waals surface area contributed by atoms with Gasteiger partial charge in [0.25, 0.3) is 17.2 Å². The Morgan fingerprint density at radius 1 is 1.05 bits per heavy atom. The number of nitro benzene ring substituents is 1. The monoisotopic (exact) mass is 580 g/mol. The Morgan fingerprint density at radius 3 is 2.50 bits per heavy atom. The largest absolute Gasteiger partial charge is 0.456 e. The second-order valence-electron chi connectivity index (χ2n) is 9.43. The van der Waals surface area contributed by atoms with Gasteiger partial charge in [0.05, 0.1) is 32.3 Å². The van der Waals surface area contributed by atoms with Crippen molar-refractivity contribution >= 4 is 34.7 Å². The van der Waals surface area contributed by atoms with E-state index in [4.69, 9.17) is 4.42 Å². The van der Waals surface area contributed by atoms with Crippen LogP contribution in [0.25, 0.3) is 17.4 Å². The summed E-state index contributed by atoms with van der Waals surface area (Å²) in [6.45, 7) is 1.69. The molecule has 0 radical (unpaired) electrons. The molecule has 42 heavy (non-hydrogen) atoms. The van der Waals surface area contributed by atoms with Crippen molar-refractivity contribution in [3.8, 4) is 11.3 Å². The van der Waals surface area contributed by atoms with Crippen LogP contribution in [0.3, 0.4) is 0 Å². The summed E-state index contributed by atoms with van der Waals surface area (Å²) in [5.41, 5.74) is 1.56. The molecule has 1 N–H and O–H groups in total. The van der Waals surface area contributed by atoms with Gasteiger partial charge in [0, 0.05) is 17.8 Å². The van der Waals surface area contributed by atoms with Crippen molar-refractivity contribution in [1.29, 1.82) is 0 Å². The normalized spacial score (nSPS) is 14.8. The molecule has 208 valence electrons. The minimum atomic E-state index is -0.869. The molecule has 0 saturated heterocycles. The van der Waals surface area contributed by atoms with Gasteiger partial charge in [-0.05, 0) is 55.0 Å². The second kappa shape index (κ2) is 10.9. The number of rotatable bonds is 6. The molecule has 1 aliphatic rings. The fourth-order valence-corrected chi connectivity index (χ4v) is 5.86. The SMILES string of the molecule is CC1=C(C(=O)Nc2ccccc2)C(c2ccc(F)cc2)n2c(s/c(=C\c3ccc(-c4ccccc4[N+](=O)[O-])o3)c2=O)=N1. The zero-order chi connectivity index (χ0) is 29.4. The third-order valence-electron chi connectivity index (χ3n) is 6.75. The highest BCUT2D eigenvalue weighted by molar-refractivity contribution is 7.07. The molecule has 3 heterocycles. The molecule has 6 rings (SSSR count). The van der Waals surface area contributed by atoms with Crippen LogP contribution < -0.4 is 20.2 Å². The van der Waals surface area contributed by atoms with E-state index in [2.05, 4.69) is 10.3 Å². The van der Waals surface area contributed by atoms with Crippen molar-refractivity contribution in [2.24, 2.45) is 4.99 Å². The molecule has 11 heteroatoms. The predicted octanol–water partition coefficient (Wildman–Crippen LogP) is 5.18. The second-order valence-corrected chi connectivity index (χ2v) is 10.4. The molecule has 1 unspecified atom stereocenters. The lowest BCUT2D eigenvalue weighted by Gasteiger charge is -2.25. The van der Waals surface area contributed by atoms with E-state index in [1.54, 1.807) is 61.5 Å². The quantitative estimate of drug-likeness (QED) is 0.219. The fourth-order valence-electron chi connectivity index (χ4n) is 4.84. The number of anilines is 1. The Kier molecular flexibility index (Phi) is 6.93. The maximum absolute atomic E-state index is 13.9. The van der Waals surface area contributed by atoms with Gasteiger partial charge in [-0.15, -0.1) is 0 Å². The van der Waals surface area contributed by atoms with E-state index in [0.29, 0.717) is 33.1 Å². The lowest BCUT2D eigenvalue weighted by molar-refractivity contribution is -0.384. The molecule has 0 bridgehead atoms. The summed E-state index contributed by atoms with van der Waals surface area (Å²) in [4.78, 5) is 43.4. The van der Waals surface area contributed by atoms with Crippen LogP contribution in [0.15, 0.2) is 116 Å². The van der Waals surface area contributed by atoms with E-state index < -0.39 is 28.2 Å². The first-order chi connectivity index (χ1) is 20.3. The summed E-state index contributed by atoms with van der Waals surface area (Å²) in [6.07, 6.45) is 1.53. The molecule has 0 saturated carbocycles. The van der Waals surface area contributed by atoms with Crippen molar-refractivity contribution in [2.75, 3.05) is 5.32 Å². The number of benzene rings is 3. The molecule has 1 amide bonds. The third-order valence-corrected chi connectivity index (χ3v) is 7.73. The summed E-state index contributed by atoms with van der Waals surface area (Å²) >= 11 is 1.11. The van der Waals surface area contributed by atoms with Crippen LogP contribution in [0.4, 0.5) is 15.8 Å². The summed E-state index contributed by atoms with van der Waals surface area (Å²) in [6, 6.07) is 23.1. The minimum Gasteiger partial charge on any atom is -0.456 e. The van der Waals surface area contributed by atoms with Crippen LogP contribution >= 0.6 is 11.3 Å². The van der Waals surface area contributed by atoms with Gasteiger partial charge in [-0.2, -0.15) is 0 Å². The number of hydrogen-bond acceptors (Lipinski definition) is 7. The Hall–Kier alpha value is -5.42. The molecule has 3 aromatic carbocycles. The highest BCUT2D eigenvalue weighted by Crippen LogP contribution is 2.32. The number of amides is 1. The zero-order valence-electron chi connectivity index (χ0n) is 22.0. The van der Waals surface area contributed by atoms with E-state index in [9.17, 15) is 24.1 Å². The molecule has 2 aromatic heterocycles. The lowest BCUT2D eigenvalue weighted by Crippen LogP contribution is -2.40. The third kappa shape index (κ3) is 4.97. The number of carbonyl (C=O) groups excluding carboxylic acids is 1. The maximum Gasteiger partial charge on any atom is 0.280 e. The number of allylic oxidation sites excluding steroid dienone is 1. The first-order valence-electron chi connectivity index (χ1n) is 12.8. The summed E-state index contributed by atoms with van der Waals surface area (Å²) in [5.74, 6) is -0.300. The van der Waals surface area contributed by atoms with Crippen LogP contribution in [0.1, 0.15) is 24.3 Å². The molecule has 0 spiro atoms. The number of fused-ring (bicyclic) bond motifs is 1. The molecule has 1 atom stereocenters. The number of halogens is 1. The van der Waals surface area contributed by atoms with Crippen LogP contribution in [-0.2, 0) is 4.79 Å². The Bertz CT molecular complexity index is 2060. The van der Waals surface area contributed by atoms with E-state index in [-0.39, 0.29) is 21.6 Å². The van der Waals surface area contributed by atoms with Gasteiger partial charge in [0.15, 0.2) is 4.80 Å². The zero-order valence-corrected chi connectivity index (χ0v) is 22.8. The number of para-hydroxylation sites is 2. The number of aromatic nitrogens is 1. The number of hydrogen-bond donors (Lipinski definition) is 1. The molecular weight excluding hydrogens is 559 g/mol. The van der Waals surface area contributed by atoms with E-state index >= 15 is 0 Å². The smallest absolute Gasteiger partial charge is 0.280 e. The van der Waals surface area contributed by atoms with Crippen molar-refractivity contribution in [1.82, 2.24) is 4.57 Å². The number of thiazole rings is 1. The number of nitrogens with one attached hydrogen (secondary N) is 1. The van der Waals surface area contributed by atoms with Gasteiger partial charge < -0.3 is 9.73 Å². The number of carbonyl (C=O) groups is 1. The van der Waals surface area contributed by atoms with Crippen molar-refractivity contribution in [3.63, 3.8) is 0 Å². The Morgan fingerprint density at radius 2 is 1.76 bits per heavy atom. The molecule has 5 aromatic rings. The summed E-state index contributed by atoms with van der Waals surface area (Å²) in [5, 5.41) is 14.3. The van der Waals surface area contributed by atoms with E-state index in [0.717, 1.165) is 11.3 Å². The van der Waals surface area contributed by atoms with Crippen molar-refractivity contribution in [2.45, 2.75) is 13.0 Å². The van der Waals surface area contributed by atoms with Gasteiger partial charge in [0.2, 0.25) is 0 Å². The molecule has 0 fully saturated rings. The highest BCUT2D eigenvalue weighted by atomic mass is 32.1. The Balaban J connectivity index is 1.45. The number of nitro groups is 1. The molecule has 0 aliphatic carbocycles. The standard InChI is InChI=1S/C31H21FN4O5S/c1-18-27(29(37)34-21-7-3-2-4-8-21)28(19-11-13-20(32)14-12-19)35-30(38)26(42-31(35)33-18)17-22-15-16-25(41-22)23-9-5-6-10-24(23)36(39)40/h2-17,28H,1H3,(H,34,37)/b26-17-. The number of furan rings is 1. The van der Waals surface area contributed by atoms with Crippen molar-refractivity contribution in [3.05, 3.63) is 149 Å². The predicted molar refractivity (Wildman–Crippen MR) is 156 cm³/mol. The summed E-state index contributed by atoms with van der Waals surface area (Å²) in [7, 11) is 0. The molecule has 9 nitrogen and oxygen atoms in total. The average molecular weight is 581 g/mol. The van der Waals surface area contributed by atoms with Gasteiger partial charge in [-0.1, -0.05) is 53.8 Å². The summed E-state index contributed by atoms with van der Waals surface area (Å²) < 4.78 is 21.4. The van der Waals surface area contributed by atoms with Crippen molar-refractivity contribution < 1.29 is 18.5 Å². The highest BCUT2D eigenvalue weighted by Gasteiger charge is 2.32. The van der Waals surface area contributed by atoms with Gasteiger partial charge in [-0.25, -0.2) is 9.38 Å². The number of nitrogens with zero attached hydrogens (tertiary/aromatic N) is 3. The van der Waals surface area contributed by atoms with Crippen LogP contribution in [-0.4, -0.2) is 15.4 Å². The van der Waals surface area contributed by atoms with Gasteiger partial charge in [0.1, 0.15) is 17.3 Å². The van der Waals surface area contributed by atoms with E-state index in [1.807, 2.05) is 6.07 Å². The first kappa shape index (κ1) is 26.8. The van der Waals surface area contributed by atoms with Gasteiger partial charge >= 0.3 is 0 Å². The molecular formula is C31H21FN4O5S. The van der Waals surface area contributed by atoms with Gasteiger partial charge in [-0.3, -0.25) is 24.3 Å². The van der Waals surface area contributed by atoms with Crippen LogP contribution in [0.5, 0.6) is 0 Å². The maximum atomic E-state index is 13.9. The van der Waals surface area contributed by atoms with Crippen LogP contribution in [0.2, 0.25) is 0 Å². The minimum absolute atomic E-state index is 0.103. The lowest BCUT2D eigenvalue weighted by atomic mass is 9.95. The van der Waals surface area contributed by atoms with E-state index in [1.165, 1.54) is 41.0 Å². The first-order valence-corrected chi connectivity index (χ1v) is 13.6. The fraction of sp³-hybridized carbons (Fsp3) is 0.0645. The Labute approximate surface area is 241 Å². The topological polar surface area (TPSA) is 120 Å².